The van der Waals surface area contributed by atoms with E-state index in [0.717, 1.165) is 11.8 Å². The zero-order valence-corrected chi connectivity index (χ0v) is 14.9. The summed E-state index contributed by atoms with van der Waals surface area (Å²) in [6, 6.07) is 6.43. The number of rotatable bonds is 4. The van der Waals surface area contributed by atoms with E-state index in [1.807, 2.05) is 0 Å². The number of aliphatic imine (C=N–C) groups is 1. The van der Waals surface area contributed by atoms with Gasteiger partial charge in [0, 0.05) is 24.5 Å². The maximum Gasteiger partial charge on any atom is 0.251 e. The van der Waals surface area contributed by atoms with Crippen molar-refractivity contribution in [3.8, 4) is 0 Å². The molecule has 2 aromatic rings. The van der Waals surface area contributed by atoms with Crippen LogP contribution in [0.15, 0.2) is 41.7 Å². The third-order valence-corrected chi connectivity index (χ3v) is 4.93. The van der Waals surface area contributed by atoms with Crippen molar-refractivity contribution in [3.05, 3.63) is 46.7 Å². The number of halogens is 2. The quantitative estimate of drug-likeness (QED) is 0.828. The summed E-state index contributed by atoms with van der Waals surface area (Å²) in [5, 5.41) is 5.82. The van der Waals surface area contributed by atoms with Crippen LogP contribution in [0, 0.1) is 0 Å². The molecule has 1 atom stereocenters. The van der Waals surface area contributed by atoms with Gasteiger partial charge in [0.1, 0.15) is 5.25 Å². The molecule has 0 saturated carbocycles. The fraction of sp³-hybridized carbons (Fsp3) is 0.133. The van der Waals surface area contributed by atoms with Gasteiger partial charge in [0.25, 0.3) is 5.95 Å². The molecular formula is C15H11Cl2N5O2S. The van der Waals surface area contributed by atoms with Crippen molar-refractivity contribution in [2.45, 2.75) is 11.7 Å². The summed E-state index contributed by atoms with van der Waals surface area (Å²) in [4.78, 5) is 36.2. The summed E-state index contributed by atoms with van der Waals surface area (Å²) in [5.74, 6) is -0.363. The van der Waals surface area contributed by atoms with Crippen LogP contribution < -0.4 is 10.6 Å². The van der Waals surface area contributed by atoms with Crippen LogP contribution in [-0.4, -0.2) is 32.2 Å². The molecule has 2 amide bonds. The minimum atomic E-state index is -0.578. The van der Waals surface area contributed by atoms with E-state index in [9.17, 15) is 9.59 Å². The summed E-state index contributed by atoms with van der Waals surface area (Å²) in [7, 11) is 0. The second kappa shape index (κ2) is 7.81. The predicted molar refractivity (Wildman–Crippen MR) is 98.4 cm³/mol. The maximum absolute atomic E-state index is 12.1. The van der Waals surface area contributed by atoms with Crippen LogP contribution in [0.2, 0.25) is 10.0 Å². The Morgan fingerprint density at radius 3 is 2.76 bits per heavy atom. The Labute approximate surface area is 157 Å². The fourth-order valence-corrected chi connectivity index (χ4v) is 3.25. The molecule has 1 aromatic heterocycles. The van der Waals surface area contributed by atoms with E-state index in [0.29, 0.717) is 20.9 Å². The average molecular weight is 396 g/mol. The molecule has 1 fully saturated rings. The number of hydrogen-bond donors (Lipinski definition) is 2. The van der Waals surface area contributed by atoms with Crippen LogP contribution in [0.5, 0.6) is 0 Å². The lowest BCUT2D eigenvalue weighted by molar-refractivity contribution is -0.122. The lowest BCUT2D eigenvalue weighted by atomic mass is 10.2. The van der Waals surface area contributed by atoms with Gasteiger partial charge in [-0.2, -0.15) is 4.99 Å². The third-order valence-electron chi connectivity index (χ3n) is 3.10. The summed E-state index contributed by atoms with van der Waals surface area (Å²) < 4.78 is 0. The summed E-state index contributed by atoms with van der Waals surface area (Å²) >= 11 is 12.9. The fourth-order valence-electron chi connectivity index (χ4n) is 1.99. The Bertz CT molecular complexity index is 847. The molecule has 128 valence electrons. The second-order valence-electron chi connectivity index (χ2n) is 4.94. The maximum atomic E-state index is 12.1. The number of carbonyl (C=O) groups is 2. The molecule has 2 N–H and O–H groups in total. The van der Waals surface area contributed by atoms with Crippen LogP contribution in [-0.2, 0) is 9.59 Å². The number of aromatic nitrogens is 2. The average Bonchev–Trinajstić information content (AvgIpc) is 2.91. The summed E-state index contributed by atoms with van der Waals surface area (Å²) in [5.41, 5.74) is 0.509. The first-order valence-electron chi connectivity index (χ1n) is 7.09. The van der Waals surface area contributed by atoms with Crippen molar-refractivity contribution in [3.63, 3.8) is 0 Å². The van der Waals surface area contributed by atoms with E-state index < -0.39 is 5.25 Å². The Morgan fingerprint density at radius 2 is 2.04 bits per heavy atom. The Kier molecular flexibility index (Phi) is 5.52. The van der Waals surface area contributed by atoms with Crippen LogP contribution in [0.1, 0.15) is 6.42 Å². The molecule has 0 radical (unpaired) electrons. The van der Waals surface area contributed by atoms with Crippen LogP contribution >= 0.6 is 35.0 Å². The number of thioether (sulfide) groups is 1. The van der Waals surface area contributed by atoms with Gasteiger partial charge in [-0.15, -0.1) is 0 Å². The Balaban J connectivity index is 1.61. The minimum absolute atomic E-state index is 0.00852. The van der Waals surface area contributed by atoms with Gasteiger partial charge in [0.2, 0.25) is 11.8 Å². The standard InChI is InChI=1S/C15H11Cl2N5O2S/c16-9-3-2-8(6-10(9)17)20-12(23)7-11-13(24)21-15(25-11)22-14-18-4-1-5-19-14/h1-6,11H,7H2,(H,20,23)(H,18,19,21,22,24). The summed E-state index contributed by atoms with van der Waals surface area (Å²) in [6.45, 7) is 0. The molecule has 7 nitrogen and oxygen atoms in total. The minimum Gasteiger partial charge on any atom is -0.326 e. The van der Waals surface area contributed by atoms with Crippen LogP contribution in [0.3, 0.4) is 0 Å². The van der Waals surface area contributed by atoms with Gasteiger partial charge < -0.3 is 10.6 Å². The van der Waals surface area contributed by atoms with Gasteiger partial charge in [0.15, 0.2) is 5.17 Å². The zero-order chi connectivity index (χ0) is 17.8. The van der Waals surface area contributed by atoms with Crippen molar-refractivity contribution in [2.24, 2.45) is 4.99 Å². The van der Waals surface area contributed by atoms with Gasteiger partial charge in [0.05, 0.1) is 10.0 Å². The van der Waals surface area contributed by atoms with E-state index >= 15 is 0 Å². The Hall–Kier alpha value is -2.16. The first kappa shape index (κ1) is 17.7. The van der Waals surface area contributed by atoms with Crippen molar-refractivity contribution in [2.75, 3.05) is 5.32 Å². The van der Waals surface area contributed by atoms with Gasteiger partial charge in [-0.3, -0.25) is 9.59 Å². The number of amidine groups is 1. The van der Waals surface area contributed by atoms with Crippen molar-refractivity contribution in [1.29, 1.82) is 0 Å². The SMILES string of the molecule is O=C(CC1S/C(=N\c2ncccn2)NC1=O)Nc1ccc(Cl)c(Cl)c1. The third kappa shape index (κ3) is 4.68. The first-order valence-corrected chi connectivity index (χ1v) is 8.73. The number of benzene rings is 1. The normalized spacial score (nSPS) is 18.2. The first-order chi connectivity index (χ1) is 12.0. The van der Waals surface area contributed by atoms with Gasteiger partial charge >= 0.3 is 0 Å². The smallest absolute Gasteiger partial charge is 0.251 e. The molecule has 1 aliphatic heterocycles. The van der Waals surface area contributed by atoms with E-state index in [2.05, 4.69) is 25.6 Å². The highest BCUT2D eigenvalue weighted by Gasteiger charge is 2.32. The Morgan fingerprint density at radius 1 is 1.28 bits per heavy atom. The lowest BCUT2D eigenvalue weighted by Crippen LogP contribution is -2.28. The molecule has 0 aliphatic carbocycles. The number of hydrogen-bond acceptors (Lipinski definition) is 6. The molecule has 25 heavy (non-hydrogen) atoms. The summed E-state index contributed by atoms with van der Waals surface area (Å²) in [6.07, 6.45) is 3.09. The van der Waals surface area contributed by atoms with Gasteiger partial charge in [-0.25, -0.2) is 9.97 Å². The van der Waals surface area contributed by atoms with Gasteiger partial charge in [-0.1, -0.05) is 35.0 Å². The predicted octanol–water partition coefficient (Wildman–Crippen LogP) is 3.03. The molecule has 0 spiro atoms. The van der Waals surface area contributed by atoms with E-state index in [1.165, 1.54) is 0 Å². The topological polar surface area (TPSA) is 96.3 Å². The monoisotopic (exact) mass is 395 g/mol. The molecule has 10 heteroatoms. The van der Waals surface area contributed by atoms with E-state index in [1.54, 1.807) is 36.7 Å². The highest BCUT2D eigenvalue weighted by molar-refractivity contribution is 8.15. The van der Waals surface area contributed by atoms with E-state index in [-0.39, 0.29) is 24.2 Å². The zero-order valence-electron chi connectivity index (χ0n) is 12.6. The number of anilines is 1. The van der Waals surface area contributed by atoms with Gasteiger partial charge in [-0.05, 0) is 24.3 Å². The van der Waals surface area contributed by atoms with Crippen LogP contribution in [0.25, 0.3) is 0 Å². The van der Waals surface area contributed by atoms with Crippen LogP contribution in [0.4, 0.5) is 11.6 Å². The number of nitrogens with zero attached hydrogens (tertiary/aromatic N) is 3. The molecular weight excluding hydrogens is 385 g/mol. The molecule has 1 aliphatic rings. The number of amides is 2. The molecule has 1 unspecified atom stereocenters. The number of carbonyl (C=O) groups excluding carboxylic acids is 2. The highest BCUT2D eigenvalue weighted by atomic mass is 35.5. The molecule has 1 saturated heterocycles. The van der Waals surface area contributed by atoms with Crippen molar-refractivity contribution in [1.82, 2.24) is 15.3 Å². The van der Waals surface area contributed by atoms with Crippen molar-refractivity contribution < 1.29 is 9.59 Å². The number of nitrogens with one attached hydrogen (secondary N) is 2. The molecule has 2 heterocycles. The van der Waals surface area contributed by atoms with Crippen molar-refractivity contribution >= 4 is 63.6 Å². The van der Waals surface area contributed by atoms with E-state index in [4.69, 9.17) is 23.2 Å². The molecule has 1 aromatic carbocycles. The molecule has 3 rings (SSSR count). The lowest BCUT2D eigenvalue weighted by Gasteiger charge is -2.08. The largest absolute Gasteiger partial charge is 0.326 e. The molecule has 0 bridgehead atoms. The highest BCUT2D eigenvalue weighted by Crippen LogP contribution is 2.27. The second-order valence-corrected chi connectivity index (χ2v) is 6.95.